The van der Waals surface area contributed by atoms with Gasteiger partial charge < -0.3 is 10.0 Å². The summed E-state index contributed by atoms with van der Waals surface area (Å²) < 4.78 is 1.02. The van der Waals surface area contributed by atoms with E-state index < -0.39 is 0 Å². The van der Waals surface area contributed by atoms with Crippen molar-refractivity contribution in [3.05, 3.63) is 29.0 Å². The predicted octanol–water partition coefficient (Wildman–Crippen LogP) is 2.74. The molecule has 0 atom stereocenters. The maximum atomic E-state index is 9.30. The number of hydrogen-bond acceptors (Lipinski definition) is 4. The van der Waals surface area contributed by atoms with Crippen molar-refractivity contribution >= 4 is 32.7 Å². The number of nitrogens with zero attached hydrogens (tertiary/aromatic N) is 3. The molecule has 2 aromatic rings. The third kappa shape index (κ3) is 2.44. The lowest BCUT2D eigenvalue weighted by molar-refractivity contribution is 0.283. The number of fused-ring (bicyclic) bond motifs is 1. The van der Waals surface area contributed by atoms with Gasteiger partial charge in [0, 0.05) is 22.4 Å². The summed E-state index contributed by atoms with van der Waals surface area (Å²) in [7, 11) is 0. The van der Waals surface area contributed by atoms with Crippen LogP contribution in [0.5, 0.6) is 0 Å². The Morgan fingerprint density at radius 2 is 2.16 bits per heavy atom. The number of aromatic nitrogens is 2. The fourth-order valence-electron chi connectivity index (χ4n) is 2.51. The van der Waals surface area contributed by atoms with Crippen molar-refractivity contribution in [2.45, 2.75) is 25.3 Å². The lowest BCUT2D eigenvalue weighted by Gasteiger charge is -2.38. The second kappa shape index (κ2) is 5.43. The lowest BCUT2D eigenvalue weighted by Crippen LogP contribution is -2.42. The molecule has 1 aliphatic carbocycles. The molecule has 0 bridgehead atoms. The number of anilines is 1. The fourth-order valence-corrected chi connectivity index (χ4v) is 2.87. The molecule has 1 heterocycles. The van der Waals surface area contributed by atoms with E-state index in [9.17, 15) is 5.11 Å². The van der Waals surface area contributed by atoms with E-state index in [2.05, 4.69) is 30.8 Å². The van der Waals surface area contributed by atoms with Gasteiger partial charge in [-0.15, -0.1) is 0 Å². The number of halogens is 1. The summed E-state index contributed by atoms with van der Waals surface area (Å²) in [6.07, 6.45) is 5.23. The van der Waals surface area contributed by atoms with Crippen molar-refractivity contribution < 1.29 is 5.11 Å². The molecule has 1 aromatic heterocycles. The van der Waals surface area contributed by atoms with Gasteiger partial charge >= 0.3 is 0 Å². The molecule has 1 saturated carbocycles. The zero-order chi connectivity index (χ0) is 13.2. The zero-order valence-corrected chi connectivity index (χ0v) is 12.2. The van der Waals surface area contributed by atoms with Gasteiger partial charge in [0.05, 0.1) is 12.1 Å². The summed E-state index contributed by atoms with van der Waals surface area (Å²) >= 11 is 3.50. The smallest absolute Gasteiger partial charge is 0.140 e. The second-order valence-corrected chi connectivity index (χ2v) is 5.78. The predicted molar refractivity (Wildman–Crippen MR) is 79.3 cm³/mol. The molecule has 4 nitrogen and oxygen atoms in total. The Morgan fingerprint density at radius 3 is 2.84 bits per heavy atom. The molecular weight excluding hydrogens is 306 g/mol. The first-order valence-corrected chi connectivity index (χ1v) is 7.36. The van der Waals surface area contributed by atoms with Crippen LogP contribution in [-0.4, -0.2) is 34.3 Å². The maximum Gasteiger partial charge on any atom is 0.140 e. The topological polar surface area (TPSA) is 49.2 Å². The van der Waals surface area contributed by atoms with E-state index in [4.69, 9.17) is 0 Å². The molecular formula is C14H16BrN3O. The number of aliphatic hydroxyl groups is 1. The Morgan fingerprint density at radius 1 is 1.32 bits per heavy atom. The van der Waals surface area contributed by atoms with E-state index in [0.717, 1.165) is 21.2 Å². The normalized spacial score (nSPS) is 15.5. The molecule has 3 rings (SSSR count). The van der Waals surface area contributed by atoms with Crippen molar-refractivity contribution in [3.8, 4) is 0 Å². The first-order valence-electron chi connectivity index (χ1n) is 6.57. The Hall–Kier alpha value is -1.20. The summed E-state index contributed by atoms with van der Waals surface area (Å²) in [4.78, 5) is 11.0. The summed E-state index contributed by atoms with van der Waals surface area (Å²) in [5.41, 5.74) is 0.940. The van der Waals surface area contributed by atoms with Gasteiger partial charge in [0.2, 0.25) is 0 Å². The van der Waals surface area contributed by atoms with Crippen LogP contribution in [0.2, 0.25) is 0 Å². The Labute approximate surface area is 120 Å². The van der Waals surface area contributed by atoms with Crippen LogP contribution in [0.15, 0.2) is 29.0 Å². The minimum absolute atomic E-state index is 0.149. The largest absolute Gasteiger partial charge is 0.395 e. The van der Waals surface area contributed by atoms with E-state index in [1.54, 1.807) is 6.33 Å². The molecule has 1 aliphatic rings. The molecule has 0 amide bonds. The van der Waals surface area contributed by atoms with Gasteiger partial charge in [-0.05, 0) is 37.5 Å². The first kappa shape index (κ1) is 12.8. The molecule has 1 N–H and O–H groups in total. The second-order valence-electron chi connectivity index (χ2n) is 4.86. The van der Waals surface area contributed by atoms with Gasteiger partial charge in [-0.1, -0.05) is 15.9 Å². The quantitative estimate of drug-likeness (QED) is 0.940. The van der Waals surface area contributed by atoms with E-state index in [-0.39, 0.29) is 6.61 Å². The zero-order valence-electron chi connectivity index (χ0n) is 10.6. The third-order valence-electron chi connectivity index (χ3n) is 3.70. The highest BCUT2D eigenvalue weighted by atomic mass is 79.9. The minimum Gasteiger partial charge on any atom is -0.395 e. The van der Waals surface area contributed by atoms with E-state index in [0.29, 0.717) is 12.6 Å². The van der Waals surface area contributed by atoms with Crippen molar-refractivity contribution in [1.82, 2.24) is 9.97 Å². The summed E-state index contributed by atoms with van der Waals surface area (Å²) in [6.45, 7) is 0.777. The monoisotopic (exact) mass is 321 g/mol. The summed E-state index contributed by atoms with van der Waals surface area (Å²) in [5, 5.41) is 10.3. The minimum atomic E-state index is 0.149. The van der Waals surface area contributed by atoms with Gasteiger partial charge in [0.25, 0.3) is 0 Å². The molecule has 100 valence electrons. The van der Waals surface area contributed by atoms with Crippen LogP contribution in [-0.2, 0) is 0 Å². The van der Waals surface area contributed by atoms with Crippen LogP contribution in [0.25, 0.3) is 10.9 Å². The standard InChI is InChI=1S/C14H16BrN3O/c15-10-4-5-13-12(8-10)14(17-9-16-13)18(6-7-19)11-2-1-3-11/h4-5,8-9,11,19H,1-3,6-7H2. The van der Waals surface area contributed by atoms with E-state index in [1.165, 1.54) is 19.3 Å². The molecule has 0 spiro atoms. The molecule has 5 heteroatoms. The van der Waals surface area contributed by atoms with Crippen molar-refractivity contribution in [2.75, 3.05) is 18.1 Å². The first-order chi connectivity index (χ1) is 9.29. The van der Waals surface area contributed by atoms with Crippen molar-refractivity contribution in [1.29, 1.82) is 0 Å². The highest BCUT2D eigenvalue weighted by molar-refractivity contribution is 9.10. The lowest BCUT2D eigenvalue weighted by atomic mass is 9.91. The van der Waals surface area contributed by atoms with Crippen LogP contribution in [0, 0.1) is 0 Å². The van der Waals surface area contributed by atoms with Crippen LogP contribution < -0.4 is 4.90 Å². The maximum absolute atomic E-state index is 9.30. The average Bonchev–Trinajstić information content (AvgIpc) is 2.35. The van der Waals surface area contributed by atoms with Gasteiger partial charge in [0.1, 0.15) is 12.1 Å². The Kier molecular flexibility index (Phi) is 3.66. The molecule has 0 radical (unpaired) electrons. The number of aliphatic hydroxyl groups excluding tert-OH is 1. The average molecular weight is 322 g/mol. The van der Waals surface area contributed by atoms with Crippen molar-refractivity contribution in [3.63, 3.8) is 0 Å². The van der Waals surface area contributed by atoms with Crippen molar-refractivity contribution in [2.24, 2.45) is 0 Å². The molecule has 0 unspecified atom stereocenters. The highest BCUT2D eigenvalue weighted by Gasteiger charge is 2.26. The van der Waals surface area contributed by atoms with Crippen LogP contribution in [0.4, 0.5) is 5.82 Å². The van der Waals surface area contributed by atoms with Crippen LogP contribution in [0.3, 0.4) is 0 Å². The van der Waals surface area contributed by atoms with Crippen LogP contribution >= 0.6 is 15.9 Å². The molecule has 19 heavy (non-hydrogen) atoms. The van der Waals surface area contributed by atoms with Gasteiger partial charge in [0.15, 0.2) is 0 Å². The molecule has 1 aromatic carbocycles. The Bertz CT molecular complexity index is 586. The molecule has 0 saturated heterocycles. The van der Waals surface area contributed by atoms with Gasteiger partial charge in [-0.3, -0.25) is 0 Å². The van der Waals surface area contributed by atoms with Gasteiger partial charge in [-0.2, -0.15) is 0 Å². The van der Waals surface area contributed by atoms with E-state index in [1.807, 2.05) is 18.2 Å². The summed E-state index contributed by atoms with van der Waals surface area (Å²) in [5.74, 6) is 0.935. The third-order valence-corrected chi connectivity index (χ3v) is 4.20. The SMILES string of the molecule is OCCN(c1ncnc2ccc(Br)cc12)C1CCC1. The number of rotatable bonds is 4. The highest BCUT2D eigenvalue weighted by Crippen LogP contribution is 2.32. The summed E-state index contributed by atoms with van der Waals surface area (Å²) in [6, 6.07) is 6.53. The molecule has 1 fully saturated rings. The molecule has 0 aliphatic heterocycles. The number of hydrogen-bond donors (Lipinski definition) is 1. The number of benzene rings is 1. The van der Waals surface area contributed by atoms with E-state index >= 15 is 0 Å². The van der Waals surface area contributed by atoms with Gasteiger partial charge in [-0.25, -0.2) is 9.97 Å². The van der Waals surface area contributed by atoms with Crippen LogP contribution in [0.1, 0.15) is 19.3 Å². The fraction of sp³-hybridized carbons (Fsp3) is 0.429. The Balaban J connectivity index is 2.08.